The van der Waals surface area contributed by atoms with Crippen molar-refractivity contribution in [2.24, 2.45) is 0 Å². The van der Waals surface area contributed by atoms with Gasteiger partial charge in [0.1, 0.15) is 11.4 Å². The molecule has 0 amide bonds. The van der Waals surface area contributed by atoms with Crippen LogP contribution in [0.1, 0.15) is 5.69 Å². The van der Waals surface area contributed by atoms with Crippen LogP contribution in [0.25, 0.3) is 34.3 Å². The molecule has 0 aliphatic heterocycles. The Morgan fingerprint density at radius 2 is 1.77 bits per heavy atom. The van der Waals surface area contributed by atoms with Crippen molar-refractivity contribution >= 4 is 0 Å². The fourth-order valence-electron chi connectivity index (χ4n) is 2.55. The molecule has 0 atom stereocenters. The van der Waals surface area contributed by atoms with Crippen LogP contribution in [0.2, 0.25) is 0 Å². The van der Waals surface area contributed by atoms with Gasteiger partial charge in [0.15, 0.2) is 0 Å². The third-order valence-electron chi connectivity index (χ3n) is 3.88. The summed E-state index contributed by atoms with van der Waals surface area (Å²) >= 11 is 0. The zero-order valence-corrected chi connectivity index (χ0v) is 14.2. The molecule has 0 spiro atoms. The molecule has 7 nitrogen and oxygen atoms in total. The van der Waals surface area contributed by atoms with Gasteiger partial charge in [-0.2, -0.15) is 0 Å². The van der Waals surface area contributed by atoms with Crippen molar-refractivity contribution in [1.29, 1.82) is 0 Å². The van der Waals surface area contributed by atoms with E-state index in [0.29, 0.717) is 34.6 Å². The van der Waals surface area contributed by atoms with Gasteiger partial charge in [-0.3, -0.25) is 9.97 Å². The highest BCUT2D eigenvalue weighted by Gasteiger charge is 2.17. The summed E-state index contributed by atoms with van der Waals surface area (Å²) in [7, 11) is 1.59. The fourth-order valence-corrected chi connectivity index (χ4v) is 2.55. The number of aromatic nitrogens is 5. The first kappa shape index (κ1) is 15.9. The predicted octanol–water partition coefficient (Wildman–Crippen LogP) is 3.57. The smallest absolute Gasteiger partial charge is 0.268 e. The van der Waals surface area contributed by atoms with E-state index in [4.69, 9.17) is 9.15 Å². The van der Waals surface area contributed by atoms with Gasteiger partial charge in [0, 0.05) is 17.3 Å². The second-order valence-electron chi connectivity index (χ2n) is 5.54. The van der Waals surface area contributed by atoms with Gasteiger partial charge in [-0.15, -0.1) is 10.2 Å². The fraction of sp³-hybridized carbons (Fsp3) is 0.105. The van der Waals surface area contributed by atoms with E-state index in [1.165, 1.54) is 0 Å². The Labute approximate surface area is 149 Å². The van der Waals surface area contributed by atoms with Crippen molar-refractivity contribution in [1.82, 2.24) is 25.1 Å². The van der Waals surface area contributed by atoms with Crippen LogP contribution >= 0.6 is 0 Å². The van der Waals surface area contributed by atoms with E-state index in [1.54, 1.807) is 25.7 Å². The molecule has 0 bridgehead atoms. The monoisotopic (exact) mass is 345 g/mol. The predicted molar refractivity (Wildman–Crippen MR) is 95.3 cm³/mol. The van der Waals surface area contributed by atoms with Gasteiger partial charge >= 0.3 is 0 Å². The summed E-state index contributed by atoms with van der Waals surface area (Å²) in [5.41, 5.74) is 3.52. The molecule has 7 heteroatoms. The van der Waals surface area contributed by atoms with Crippen LogP contribution in [0.15, 0.2) is 59.4 Å². The summed E-state index contributed by atoms with van der Waals surface area (Å²) < 4.78 is 11.2. The Morgan fingerprint density at radius 3 is 2.58 bits per heavy atom. The molecule has 0 aliphatic carbocycles. The Balaban J connectivity index is 1.77. The molecular formula is C19H15N5O2. The Kier molecular flexibility index (Phi) is 4.10. The standard InChI is InChI=1S/C19H15N5O2/c1-12-17(19-24-23-18(26-19)13-6-4-3-5-7-13)22-15(10-21-12)14-8-9-20-11-16(14)25-2/h3-11H,1-2H3. The minimum absolute atomic E-state index is 0.323. The molecule has 128 valence electrons. The Hall–Kier alpha value is -3.61. The van der Waals surface area contributed by atoms with Gasteiger partial charge in [-0.05, 0) is 25.1 Å². The van der Waals surface area contributed by atoms with Crippen molar-refractivity contribution in [3.8, 4) is 40.0 Å². The highest BCUT2D eigenvalue weighted by molar-refractivity contribution is 5.68. The first-order valence-electron chi connectivity index (χ1n) is 7.97. The lowest BCUT2D eigenvalue weighted by molar-refractivity contribution is 0.414. The average Bonchev–Trinajstić information content (AvgIpc) is 3.19. The van der Waals surface area contributed by atoms with Gasteiger partial charge < -0.3 is 9.15 Å². The number of hydrogen-bond acceptors (Lipinski definition) is 7. The summed E-state index contributed by atoms with van der Waals surface area (Å²) in [4.78, 5) is 13.1. The molecule has 0 aliphatic rings. The topological polar surface area (TPSA) is 86.8 Å². The highest BCUT2D eigenvalue weighted by Crippen LogP contribution is 2.30. The number of pyridine rings is 1. The molecule has 3 aromatic heterocycles. The average molecular weight is 345 g/mol. The molecule has 1 aromatic carbocycles. The van der Waals surface area contributed by atoms with Gasteiger partial charge in [-0.1, -0.05) is 18.2 Å². The van der Waals surface area contributed by atoms with Crippen molar-refractivity contribution in [2.75, 3.05) is 7.11 Å². The summed E-state index contributed by atoms with van der Waals surface area (Å²) in [6, 6.07) is 11.4. The maximum atomic E-state index is 5.82. The minimum Gasteiger partial charge on any atom is -0.494 e. The van der Waals surface area contributed by atoms with Gasteiger partial charge in [0.2, 0.25) is 5.89 Å². The zero-order valence-electron chi connectivity index (χ0n) is 14.2. The van der Waals surface area contributed by atoms with Crippen LogP contribution in [0, 0.1) is 6.92 Å². The van der Waals surface area contributed by atoms with E-state index in [9.17, 15) is 0 Å². The lowest BCUT2D eigenvalue weighted by Gasteiger charge is -2.08. The molecule has 0 radical (unpaired) electrons. The molecule has 4 aromatic rings. The second-order valence-corrected chi connectivity index (χ2v) is 5.54. The lowest BCUT2D eigenvalue weighted by Crippen LogP contribution is -1.97. The minimum atomic E-state index is 0.323. The summed E-state index contributed by atoms with van der Waals surface area (Å²) in [5, 5.41) is 8.26. The largest absolute Gasteiger partial charge is 0.494 e. The van der Waals surface area contributed by atoms with E-state index in [-0.39, 0.29) is 0 Å². The molecule has 0 saturated heterocycles. The van der Waals surface area contributed by atoms with Crippen LogP contribution in [0.3, 0.4) is 0 Å². The van der Waals surface area contributed by atoms with E-state index in [2.05, 4.69) is 25.1 Å². The number of rotatable bonds is 4. The molecule has 3 heterocycles. The SMILES string of the molecule is COc1cnccc1-c1cnc(C)c(-c2nnc(-c3ccccc3)o2)n1. The highest BCUT2D eigenvalue weighted by atomic mass is 16.5. The number of methoxy groups -OCH3 is 1. The number of ether oxygens (including phenoxy) is 1. The van der Waals surface area contributed by atoms with E-state index < -0.39 is 0 Å². The van der Waals surface area contributed by atoms with Crippen molar-refractivity contribution in [2.45, 2.75) is 6.92 Å². The van der Waals surface area contributed by atoms with Gasteiger partial charge in [-0.25, -0.2) is 4.98 Å². The van der Waals surface area contributed by atoms with Crippen molar-refractivity contribution in [3.63, 3.8) is 0 Å². The second kappa shape index (κ2) is 6.72. The number of aryl methyl sites for hydroxylation is 1. The van der Waals surface area contributed by atoms with E-state index in [1.807, 2.05) is 43.3 Å². The molecular weight excluding hydrogens is 330 g/mol. The quantitative estimate of drug-likeness (QED) is 0.559. The number of benzene rings is 1. The molecule has 4 rings (SSSR count). The summed E-state index contributed by atoms with van der Waals surface area (Å²) in [6.07, 6.45) is 5.00. The van der Waals surface area contributed by atoms with Crippen molar-refractivity contribution < 1.29 is 9.15 Å². The van der Waals surface area contributed by atoms with Crippen LogP contribution in [0.4, 0.5) is 0 Å². The third-order valence-corrected chi connectivity index (χ3v) is 3.88. The normalized spacial score (nSPS) is 10.7. The molecule has 0 saturated carbocycles. The Bertz CT molecular complexity index is 1050. The van der Waals surface area contributed by atoms with Gasteiger partial charge in [0.25, 0.3) is 5.89 Å². The number of hydrogen-bond donors (Lipinski definition) is 0. The first-order chi connectivity index (χ1) is 12.8. The van der Waals surface area contributed by atoms with Crippen LogP contribution in [0.5, 0.6) is 5.75 Å². The first-order valence-corrected chi connectivity index (χ1v) is 7.97. The summed E-state index contributed by atoms with van der Waals surface area (Å²) in [5.74, 6) is 1.38. The van der Waals surface area contributed by atoms with Gasteiger partial charge in [0.05, 0.1) is 30.9 Å². The molecule has 0 N–H and O–H groups in total. The van der Waals surface area contributed by atoms with Crippen LogP contribution in [-0.2, 0) is 0 Å². The van der Waals surface area contributed by atoms with E-state index in [0.717, 1.165) is 11.1 Å². The van der Waals surface area contributed by atoms with Crippen LogP contribution < -0.4 is 4.74 Å². The number of nitrogens with zero attached hydrogens (tertiary/aromatic N) is 5. The maximum absolute atomic E-state index is 5.82. The Morgan fingerprint density at radius 1 is 0.962 bits per heavy atom. The van der Waals surface area contributed by atoms with Crippen LogP contribution in [-0.4, -0.2) is 32.3 Å². The van der Waals surface area contributed by atoms with E-state index >= 15 is 0 Å². The summed E-state index contributed by atoms with van der Waals surface area (Å²) in [6.45, 7) is 1.85. The molecule has 0 unspecified atom stereocenters. The lowest BCUT2D eigenvalue weighted by atomic mass is 10.1. The third kappa shape index (κ3) is 2.90. The van der Waals surface area contributed by atoms with Crippen molar-refractivity contribution in [3.05, 3.63) is 60.7 Å². The molecule has 26 heavy (non-hydrogen) atoms. The molecule has 0 fully saturated rings. The maximum Gasteiger partial charge on any atom is 0.268 e. The zero-order chi connectivity index (χ0) is 17.9.